The number of rotatable bonds is 31. The van der Waals surface area contributed by atoms with Gasteiger partial charge in [0.2, 0.25) is 23.6 Å². The highest BCUT2D eigenvalue weighted by molar-refractivity contribution is 14.1. The molecule has 4 N–H and O–H groups in total. The Morgan fingerprint density at radius 2 is 1.29 bits per heavy atom. The minimum absolute atomic E-state index is 0.00571. The summed E-state index contributed by atoms with van der Waals surface area (Å²) in [5, 5.41) is 27.0. The van der Waals surface area contributed by atoms with Crippen molar-refractivity contribution < 1.29 is 67.5 Å². The maximum atomic E-state index is 14.2. The van der Waals surface area contributed by atoms with Crippen molar-refractivity contribution in [1.82, 2.24) is 20.4 Å². The van der Waals surface area contributed by atoms with Gasteiger partial charge in [-0.15, -0.1) is 6.58 Å². The third-order valence-electron chi connectivity index (χ3n) is 16.2. The number of likely N-dealkylation sites (tertiary alicyclic amines) is 2. The van der Waals surface area contributed by atoms with E-state index in [1.807, 2.05) is 109 Å². The number of methoxy groups -OCH3 is 2. The second-order valence-electron chi connectivity index (χ2n) is 23.2. The van der Waals surface area contributed by atoms with Crippen LogP contribution in [0.4, 0.5) is 0 Å². The van der Waals surface area contributed by atoms with Crippen molar-refractivity contribution >= 4 is 74.9 Å². The van der Waals surface area contributed by atoms with E-state index in [1.54, 1.807) is 20.3 Å². The van der Waals surface area contributed by atoms with Crippen LogP contribution in [-0.2, 0) is 83.0 Å². The fourth-order valence-electron chi connectivity index (χ4n) is 11.4. The summed E-state index contributed by atoms with van der Waals surface area (Å²) < 4.78 is 21.9. The minimum atomic E-state index is -0.991. The molecule has 0 aliphatic carbocycles. The van der Waals surface area contributed by atoms with Crippen molar-refractivity contribution in [3.05, 3.63) is 160 Å². The summed E-state index contributed by atoms with van der Waals surface area (Å²) in [6.07, 6.45) is 4.41. The number of amides is 4. The Morgan fingerprint density at radius 3 is 1.91 bits per heavy atom. The molecule has 0 aromatic heterocycles. The largest absolute Gasteiger partial charge is 0.391 e. The van der Waals surface area contributed by atoms with Crippen LogP contribution in [0, 0.1) is 15.4 Å². The van der Waals surface area contributed by atoms with E-state index >= 15 is 0 Å². The normalized spacial score (nSPS) is 20.2. The van der Waals surface area contributed by atoms with Gasteiger partial charge in [0.05, 0.1) is 50.7 Å². The van der Waals surface area contributed by atoms with Gasteiger partial charge in [-0.2, -0.15) is 0 Å². The van der Waals surface area contributed by atoms with E-state index < -0.39 is 65.9 Å². The number of hydrogen-bond donors (Lipinski definition) is 4. The number of halogens is 1. The predicted molar refractivity (Wildman–Crippen MR) is 347 cm³/mol. The molecule has 8 atom stereocenters. The van der Waals surface area contributed by atoms with E-state index in [0.717, 1.165) is 37.0 Å². The number of ether oxygens (including phenoxy) is 4. The van der Waals surface area contributed by atoms with Crippen LogP contribution in [0.1, 0.15) is 105 Å². The van der Waals surface area contributed by atoms with Gasteiger partial charge < -0.3 is 49.6 Å². The zero-order valence-corrected chi connectivity index (χ0v) is 53.7. The molecule has 0 spiro atoms. The van der Waals surface area contributed by atoms with E-state index in [-0.39, 0.29) is 99.9 Å². The fourth-order valence-corrected chi connectivity index (χ4v) is 12.0. The molecule has 0 unspecified atom stereocenters. The standard InChI is InChI=1S/C35H45IN2O7.C35H44N2O7/c1-3-4-14-29(39)22-27(19-25-10-6-5-7-11-25)34(42)37-31(21-26-12-8-13-28(36)20-26)35(43)38-24-30(40)23-32(38)33(41)15-9-16-45-18-17-44-2;1-24-13-14-29(38)21-28(18-25-8-4-3-5-9-25)34(41)36-31(20-26-10-6-11-27(24)19-26)35(42)37-23-30(39)22-32(37)33(40)12-7-15-44-17-16-43-2/h3,5-8,10-13,20,27,30-32,40H,1,4,9,14-19,21-24H2,2H3,(H,37,42);3-6,8-11,19,28,30-32,39H,1,7,12-18,20-23H2,2H3,(H,36,41)/t27-,30-,31+,32+;28-,30-,31+,32+/m11/s1. The maximum absolute atomic E-state index is 14.2. The Morgan fingerprint density at radius 1 is 0.697 bits per heavy atom. The summed E-state index contributed by atoms with van der Waals surface area (Å²) in [5.41, 5.74) is 5.20. The molecule has 3 aliphatic heterocycles. The first-order valence-electron chi connectivity index (χ1n) is 31.0. The number of carbonyl (C=O) groups excluding carboxylic acids is 8. The molecule has 4 amide bonds. The summed E-state index contributed by atoms with van der Waals surface area (Å²) in [4.78, 5) is 111. The average Bonchev–Trinajstić information content (AvgIpc) is 4.30. The monoisotopic (exact) mass is 1340 g/mol. The highest BCUT2D eigenvalue weighted by atomic mass is 127. The van der Waals surface area contributed by atoms with Crippen LogP contribution in [-0.4, -0.2) is 170 Å². The molecular weight excluding hydrogens is 1250 g/mol. The second-order valence-corrected chi connectivity index (χ2v) is 24.4. The minimum Gasteiger partial charge on any atom is -0.391 e. The molecule has 3 aliphatic rings. The Labute approximate surface area is 537 Å². The zero-order chi connectivity index (χ0) is 64.1. The molecule has 0 saturated carbocycles. The van der Waals surface area contributed by atoms with Crippen LogP contribution in [0.2, 0.25) is 0 Å². The second kappa shape index (κ2) is 38.2. The molecule has 18 nitrogen and oxygen atoms in total. The number of benzene rings is 4. The van der Waals surface area contributed by atoms with Gasteiger partial charge in [0, 0.05) is 120 Å². The van der Waals surface area contributed by atoms with Crippen molar-refractivity contribution in [2.75, 3.05) is 67.0 Å². The molecule has 2 saturated heterocycles. The number of hydrogen-bond acceptors (Lipinski definition) is 14. The Kier molecular flexibility index (Phi) is 30.7. The van der Waals surface area contributed by atoms with Crippen molar-refractivity contribution in [3.8, 4) is 0 Å². The number of nitrogens with one attached hydrogen (secondary N) is 2. The van der Waals surface area contributed by atoms with Gasteiger partial charge in [-0.1, -0.05) is 110 Å². The lowest BCUT2D eigenvalue weighted by Gasteiger charge is -2.30. The van der Waals surface area contributed by atoms with Gasteiger partial charge in [0.1, 0.15) is 23.7 Å². The van der Waals surface area contributed by atoms with Crippen LogP contribution in [0.3, 0.4) is 0 Å². The topological polar surface area (TPSA) is 244 Å². The number of ketones is 4. The van der Waals surface area contributed by atoms with E-state index in [9.17, 15) is 48.6 Å². The molecule has 19 heteroatoms. The number of Topliss-reactive ketones (excluding diaryl/α,β-unsaturated/α-hetero) is 4. The molecule has 7 rings (SSSR count). The van der Waals surface area contributed by atoms with Crippen molar-refractivity contribution in [3.63, 3.8) is 0 Å². The van der Waals surface area contributed by atoms with E-state index in [1.165, 1.54) is 9.80 Å². The maximum Gasteiger partial charge on any atom is 0.246 e. The third kappa shape index (κ3) is 23.9. The number of fused-ring (bicyclic) bond motifs is 2. The van der Waals surface area contributed by atoms with Gasteiger partial charge in [-0.25, -0.2) is 0 Å². The summed E-state index contributed by atoms with van der Waals surface area (Å²) >= 11 is 2.20. The Hall–Kier alpha value is -6.59. The number of allylic oxidation sites excluding steroid dienone is 2. The van der Waals surface area contributed by atoms with Crippen LogP contribution >= 0.6 is 22.6 Å². The highest BCUT2D eigenvalue weighted by Crippen LogP contribution is 2.28. The number of β-amino-alcohol motifs (C(OH)–C–C–N with tert-alkyl or cyclic N) is 2. The highest BCUT2D eigenvalue weighted by Gasteiger charge is 2.43. The van der Waals surface area contributed by atoms with Gasteiger partial charge in [0.25, 0.3) is 0 Å². The lowest BCUT2D eigenvalue weighted by molar-refractivity contribution is -0.141. The SMILES string of the molecule is C=C1CCC(=O)C[C@@H](Cc2ccccc2)C(=O)N[C@H](C(=O)N2C[C@H](O)C[C@H]2C(=O)CCCOCCOC)Cc2cccc1c2.C=CCCC(=O)C[C@@H](Cc1ccccc1)C(=O)N[C@@H](Cc1cccc(I)c1)C(=O)N1C[C@H](O)C[C@H]1C(=O)CCCOCCOC. The lowest BCUT2D eigenvalue weighted by atomic mass is 9.91. The summed E-state index contributed by atoms with van der Waals surface area (Å²) in [7, 11) is 3.18. The smallest absolute Gasteiger partial charge is 0.246 e. The first-order valence-corrected chi connectivity index (χ1v) is 32.0. The molecule has 89 heavy (non-hydrogen) atoms. The molecule has 4 aromatic rings. The van der Waals surface area contributed by atoms with Crippen LogP contribution in [0.15, 0.2) is 128 Å². The quantitative estimate of drug-likeness (QED) is 0.0218. The van der Waals surface area contributed by atoms with Gasteiger partial charge in [-0.05, 0) is 107 Å². The van der Waals surface area contributed by atoms with Crippen LogP contribution < -0.4 is 10.6 Å². The Balaban J connectivity index is 0.000000284. The molecule has 4 aromatic carbocycles. The Bertz CT molecular complexity index is 2980. The molecule has 480 valence electrons. The fraction of sp³-hybridized carbons (Fsp3) is 0.486. The molecule has 3 heterocycles. The van der Waals surface area contributed by atoms with Crippen molar-refractivity contribution in [2.45, 2.75) is 139 Å². The molecule has 0 radical (unpaired) electrons. The number of aliphatic hydroxyl groups excluding tert-OH is 2. The first kappa shape index (κ1) is 71.5. The van der Waals surface area contributed by atoms with Crippen LogP contribution in [0.25, 0.3) is 5.57 Å². The predicted octanol–water partition coefficient (Wildman–Crippen LogP) is 7.39. The average molecular weight is 1340 g/mol. The van der Waals surface area contributed by atoms with Crippen molar-refractivity contribution in [2.24, 2.45) is 11.8 Å². The first-order chi connectivity index (χ1) is 43.0. The molecular formula is C70H89IN4O14. The molecule has 2 bridgehead atoms. The molecule has 2 fully saturated rings. The van der Waals surface area contributed by atoms with E-state index in [0.29, 0.717) is 84.6 Å². The number of aliphatic hydroxyl groups is 2. The summed E-state index contributed by atoms with van der Waals surface area (Å²) in [6.45, 7) is 10.5. The van der Waals surface area contributed by atoms with Gasteiger partial charge in [-0.3, -0.25) is 38.4 Å². The van der Waals surface area contributed by atoms with E-state index in [4.69, 9.17) is 18.9 Å². The van der Waals surface area contributed by atoms with Crippen LogP contribution in [0.5, 0.6) is 0 Å². The zero-order valence-electron chi connectivity index (χ0n) is 51.5. The summed E-state index contributed by atoms with van der Waals surface area (Å²) in [5.74, 6) is -3.37. The summed E-state index contributed by atoms with van der Waals surface area (Å²) in [6, 6.07) is 30.7. The van der Waals surface area contributed by atoms with Gasteiger partial charge in [0.15, 0.2) is 11.6 Å². The number of carbonyl (C=O) groups is 8. The number of nitrogens with zero attached hydrogens (tertiary/aromatic N) is 2. The lowest BCUT2D eigenvalue weighted by Crippen LogP contribution is -2.54. The van der Waals surface area contributed by atoms with E-state index in [2.05, 4.69) is 46.4 Å². The van der Waals surface area contributed by atoms with Gasteiger partial charge >= 0.3 is 0 Å². The van der Waals surface area contributed by atoms with Crippen molar-refractivity contribution in [1.29, 1.82) is 0 Å². The third-order valence-corrected chi connectivity index (χ3v) is 16.8.